The van der Waals surface area contributed by atoms with Crippen molar-refractivity contribution in [1.29, 1.82) is 0 Å². The average Bonchev–Trinajstić information content (AvgIpc) is 2.53. The van der Waals surface area contributed by atoms with Crippen LogP contribution in [0.1, 0.15) is 25.3 Å². The lowest BCUT2D eigenvalue weighted by molar-refractivity contribution is 0.143. The molecule has 4 N–H and O–H groups in total. The summed E-state index contributed by atoms with van der Waals surface area (Å²) in [6.45, 7) is 4.75. The number of rotatable bonds is 9. The van der Waals surface area contributed by atoms with Gasteiger partial charge in [-0.2, -0.15) is 0 Å². The number of aliphatic imine (C=N–C) groups is 1. The van der Waals surface area contributed by atoms with Gasteiger partial charge in [-0.3, -0.25) is 4.99 Å². The molecule has 0 aliphatic carbocycles. The summed E-state index contributed by atoms with van der Waals surface area (Å²) in [5.41, 5.74) is 0.816. The number of nitrogens with two attached hydrogens (primary N) is 1. The van der Waals surface area contributed by atoms with Crippen LogP contribution in [0.25, 0.3) is 0 Å². The highest BCUT2D eigenvalue weighted by Gasteiger charge is 2.08. The van der Waals surface area contributed by atoms with Crippen LogP contribution in [0.15, 0.2) is 34.2 Å². The SMILES string of the molecule is CCOCCCCNC(=NC)NCc1cccc(S(N)(=O)=O)c1. The van der Waals surface area contributed by atoms with Gasteiger partial charge in [0.25, 0.3) is 0 Å². The molecular formula is C15H26N4O3S. The first-order chi connectivity index (χ1) is 11.0. The number of unbranched alkanes of at least 4 members (excludes halogenated alkanes) is 1. The van der Waals surface area contributed by atoms with Crippen molar-refractivity contribution in [3.63, 3.8) is 0 Å². The highest BCUT2D eigenvalue weighted by atomic mass is 32.2. The predicted octanol–water partition coefficient (Wildman–Crippen LogP) is 0.816. The third-order valence-corrected chi connectivity index (χ3v) is 4.03. The maximum Gasteiger partial charge on any atom is 0.238 e. The van der Waals surface area contributed by atoms with E-state index in [2.05, 4.69) is 15.6 Å². The summed E-state index contributed by atoms with van der Waals surface area (Å²) < 4.78 is 28.0. The van der Waals surface area contributed by atoms with E-state index in [0.29, 0.717) is 12.5 Å². The minimum Gasteiger partial charge on any atom is -0.382 e. The maximum absolute atomic E-state index is 11.3. The zero-order chi connectivity index (χ0) is 17.1. The minimum atomic E-state index is -3.68. The second kappa shape index (κ2) is 10.2. The average molecular weight is 342 g/mol. The Kier molecular flexibility index (Phi) is 8.60. The van der Waals surface area contributed by atoms with Gasteiger partial charge in [-0.05, 0) is 37.5 Å². The molecule has 1 aromatic carbocycles. The Bertz CT molecular complexity index is 602. The monoisotopic (exact) mass is 342 g/mol. The van der Waals surface area contributed by atoms with Crippen LogP contribution in [0, 0.1) is 0 Å². The molecule has 0 bridgehead atoms. The predicted molar refractivity (Wildman–Crippen MR) is 91.7 cm³/mol. The fourth-order valence-electron chi connectivity index (χ4n) is 1.92. The van der Waals surface area contributed by atoms with Crippen LogP contribution < -0.4 is 15.8 Å². The summed E-state index contributed by atoms with van der Waals surface area (Å²) >= 11 is 0. The van der Waals surface area contributed by atoms with Gasteiger partial charge in [0, 0.05) is 33.4 Å². The van der Waals surface area contributed by atoms with Crippen LogP contribution in [-0.2, 0) is 21.3 Å². The Morgan fingerprint density at radius 2 is 2.09 bits per heavy atom. The molecule has 1 rings (SSSR count). The summed E-state index contributed by atoms with van der Waals surface area (Å²) in [6.07, 6.45) is 1.98. The zero-order valence-corrected chi connectivity index (χ0v) is 14.5. The summed E-state index contributed by atoms with van der Waals surface area (Å²) in [5.74, 6) is 0.669. The highest BCUT2D eigenvalue weighted by molar-refractivity contribution is 7.89. The van der Waals surface area contributed by atoms with E-state index in [4.69, 9.17) is 9.88 Å². The molecule has 1 aromatic rings. The van der Waals surface area contributed by atoms with Crippen LogP contribution in [0.5, 0.6) is 0 Å². The van der Waals surface area contributed by atoms with Gasteiger partial charge >= 0.3 is 0 Å². The van der Waals surface area contributed by atoms with Gasteiger partial charge in [-0.25, -0.2) is 13.6 Å². The van der Waals surface area contributed by atoms with Crippen LogP contribution in [0.4, 0.5) is 0 Å². The van der Waals surface area contributed by atoms with E-state index in [1.165, 1.54) is 6.07 Å². The first-order valence-electron chi connectivity index (χ1n) is 7.61. The van der Waals surface area contributed by atoms with Crippen LogP contribution in [0.2, 0.25) is 0 Å². The summed E-state index contributed by atoms with van der Waals surface area (Å²) in [4.78, 5) is 4.24. The fraction of sp³-hybridized carbons (Fsp3) is 0.533. The number of sulfonamides is 1. The number of nitrogens with one attached hydrogen (secondary N) is 2. The van der Waals surface area contributed by atoms with E-state index in [1.807, 2.05) is 13.0 Å². The summed E-state index contributed by atoms with van der Waals surface area (Å²) in [6, 6.07) is 6.53. The molecule has 0 aromatic heterocycles. The fourth-order valence-corrected chi connectivity index (χ4v) is 2.50. The maximum atomic E-state index is 11.3. The molecule has 0 amide bonds. The Labute approximate surface area is 138 Å². The van der Waals surface area contributed by atoms with Gasteiger partial charge in [0.15, 0.2) is 5.96 Å². The van der Waals surface area contributed by atoms with Gasteiger partial charge in [-0.1, -0.05) is 12.1 Å². The third kappa shape index (κ3) is 7.96. The molecule has 0 spiro atoms. The van der Waals surface area contributed by atoms with E-state index in [0.717, 1.165) is 38.2 Å². The lowest BCUT2D eigenvalue weighted by Crippen LogP contribution is -2.37. The van der Waals surface area contributed by atoms with Gasteiger partial charge in [0.2, 0.25) is 10.0 Å². The van der Waals surface area contributed by atoms with E-state index < -0.39 is 10.0 Å². The first-order valence-corrected chi connectivity index (χ1v) is 9.16. The van der Waals surface area contributed by atoms with E-state index >= 15 is 0 Å². The van der Waals surface area contributed by atoms with Crippen LogP contribution >= 0.6 is 0 Å². The molecule has 0 aliphatic heterocycles. The minimum absolute atomic E-state index is 0.107. The lowest BCUT2D eigenvalue weighted by Gasteiger charge is -2.12. The number of primary sulfonamides is 1. The second-order valence-electron chi connectivity index (χ2n) is 4.95. The van der Waals surface area contributed by atoms with Gasteiger partial charge < -0.3 is 15.4 Å². The standard InChI is InChI=1S/C15H26N4O3S/c1-3-22-10-5-4-9-18-15(17-2)19-12-13-7-6-8-14(11-13)23(16,20)21/h6-8,11H,3-5,9-10,12H2,1-2H3,(H2,16,20,21)(H2,17,18,19). The topological polar surface area (TPSA) is 106 Å². The number of benzene rings is 1. The van der Waals surface area contributed by atoms with Crippen molar-refractivity contribution in [2.24, 2.45) is 10.1 Å². The molecular weight excluding hydrogens is 316 g/mol. The Morgan fingerprint density at radius 3 is 2.74 bits per heavy atom. The molecule has 130 valence electrons. The quantitative estimate of drug-likeness (QED) is 0.350. The molecule has 0 fully saturated rings. The largest absolute Gasteiger partial charge is 0.382 e. The third-order valence-electron chi connectivity index (χ3n) is 3.12. The number of guanidine groups is 1. The van der Waals surface area contributed by atoms with Crippen molar-refractivity contribution in [3.05, 3.63) is 29.8 Å². The van der Waals surface area contributed by atoms with Crippen molar-refractivity contribution in [1.82, 2.24) is 10.6 Å². The number of nitrogens with zero attached hydrogens (tertiary/aromatic N) is 1. The van der Waals surface area contributed by atoms with E-state index in [1.54, 1.807) is 19.2 Å². The second-order valence-corrected chi connectivity index (χ2v) is 6.51. The smallest absolute Gasteiger partial charge is 0.238 e. The number of hydrogen-bond donors (Lipinski definition) is 3. The molecule has 7 nitrogen and oxygen atoms in total. The molecule has 0 unspecified atom stereocenters. The van der Waals surface area contributed by atoms with Crippen LogP contribution in [-0.4, -0.2) is 41.2 Å². The van der Waals surface area contributed by atoms with E-state index in [-0.39, 0.29) is 4.90 Å². The molecule has 8 heteroatoms. The normalized spacial score (nSPS) is 12.2. The molecule has 0 atom stereocenters. The van der Waals surface area contributed by atoms with Crippen molar-refractivity contribution in [3.8, 4) is 0 Å². The van der Waals surface area contributed by atoms with Crippen molar-refractivity contribution in [2.45, 2.75) is 31.2 Å². The van der Waals surface area contributed by atoms with Crippen molar-refractivity contribution in [2.75, 3.05) is 26.8 Å². The van der Waals surface area contributed by atoms with Gasteiger partial charge in [0.1, 0.15) is 0 Å². The van der Waals surface area contributed by atoms with E-state index in [9.17, 15) is 8.42 Å². The lowest BCUT2D eigenvalue weighted by atomic mass is 10.2. The van der Waals surface area contributed by atoms with Crippen molar-refractivity contribution < 1.29 is 13.2 Å². The Hall–Kier alpha value is -1.64. The molecule has 0 aliphatic rings. The molecule has 0 radical (unpaired) electrons. The number of ether oxygens (including phenoxy) is 1. The first kappa shape index (κ1) is 19.4. The zero-order valence-electron chi connectivity index (χ0n) is 13.7. The highest BCUT2D eigenvalue weighted by Crippen LogP contribution is 2.09. The Morgan fingerprint density at radius 1 is 1.30 bits per heavy atom. The van der Waals surface area contributed by atoms with Gasteiger partial charge in [0.05, 0.1) is 4.90 Å². The molecule has 0 saturated carbocycles. The molecule has 0 heterocycles. The summed E-state index contributed by atoms with van der Waals surface area (Å²) in [5, 5.41) is 11.5. The summed E-state index contributed by atoms with van der Waals surface area (Å²) in [7, 11) is -1.99. The van der Waals surface area contributed by atoms with Crippen molar-refractivity contribution >= 4 is 16.0 Å². The van der Waals surface area contributed by atoms with Gasteiger partial charge in [-0.15, -0.1) is 0 Å². The molecule has 0 saturated heterocycles. The molecule has 23 heavy (non-hydrogen) atoms. The van der Waals surface area contributed by atoms with Crippen LogP contribution in [0.3, 0.4) is 0 Å². The Balaban J connectivity index is 2.40. The number of hydrogen-bond acceptors (Lipinski definition) is 4.